The van der Waals surface area contributed by atoms with Crippen LogP contribution in [0.1, 0.15) is 24.1 Å². The summed E-state index contributed by atoms with van der Waals surface area (Å²) in [5.41, 5.74) is 1.68. The normalized spacial score (nSPS) is 11.0. The van der Waals surface area contributed by atoms with E-state index in [2.05, 4.69) is 17.2 Å². The molecule has 0 radical (unpaired) electrons. The van der Waals surface area contributed by atoms with Crippen molar-refractivity contribution in [1.82, 2.24) is 5.32 Å². The maximum atomic E-state index is 11.9. The summed E-state index contributed by atoms with van der Waals surface area (Å²) in [4.78, 5) is 11.9. The van der Waals surface area contributed by atoms with Crippen LogP contribution in [0.2, 0.25) is 5.02 Å². The van der Waals surface area contributed by atoms with Crippen LogP contribution in [0.25, 0.3) is 0 Å². The lowest BCUT2D eigenvalue weighted by Crippen LogP contribution is -2.28. The minimum atomic E-state index is -0.392. The Morgan fingerprint density at radius 3 is 2.68 bits per heavy atom. The van der Waals surface area contributed by atoms with E-state index in [-0.39, 0.29) is 5.91 Å². The molecule has 1 unspecified atom stereocenters. The molecule has 0 spiro atoms. The number of nitrogens with one attached hydrogen (secondary N) is 1. The lowest BCUT2D eigenvalue weighted by molar-refractivity contribution is -0.116. The van der Waals surface area contributed by atoms with Crippen LogP contribution in [0.5, 0.6) is 5.75 Å². The maximum Gasteiger partial charge on any atom is 0.296 e. The lowest BCUT2D eigenvalue weighted by Gasteiger charge is -2.20. The van der Waals surface area contributed by atoms with E-state index in [4.69, 9.17) is 16.3 Å². The van der Waals surface area contributed by atoms with Gasteiger partial charge in [-0.05, 0) is 42.2 Å². The fraction of sp³-hybridized carbons (Fsp3) is 0.167. The van der Waals surface area contributed by atoms with Crippen molar-refractivity contribution in [2.45, 2.75) is 13.0 Å². The Balaban J connectivity index is 2.46. The number of hydrogen-bond donors (Lipinski definition) is 1. The number of benzene rings is 2. The quantitative estimate of drug-likeness (QED) is 0.876. The Bertz CT molecular complexity index is 731. The summed E-state index contributed by atoms with van der Waals surface area (Å²) in [6.45, 7) is 1.62. The molecule has 0 fully saturated rings. The number of ether oxygens (including phenoxy) is 1. The van der Waals surface area contributed by atoms with E-state index in [1.165, 1.54) is 0 Å². The van der Waals surface area contributed by atoms with Gasteiger partial charge in [-0.25, -0.2) is 0 Å². The summed E-state index contributed by atoms with van der Waals surface area (Å²) in [7, 11) is 1.60. The number of rotatable bonds is 4. The van der Waals surface area contributed by atoms with Gasteiger partial charge in [-0.15, -0.1) is 0 Å². The first kappa shape index (κ1) is 15.9. The Labute approximate surface area is 135 Å². The van der Waals surface area contributed by atoms with Gasteiger partial charge >= 0.3 is 0 Å². The average molecular weight is 314 g/mol. The van der Waals surface area contributed by atoms with Crippen molar-refractivity contribution in [3.63, 3.8) is 0 Å². The van der Waals surface area contributed by atoms with Crippen LogP contribution in [-0.2, 0) is 4.79 Å². The van der Waals surface area contributed by atoms with Crippen molar-refractivity contribution in [3.05, 3.63) is 64.7 Å². The summed E-state index contributed by atoms with van der Waals surface area (Å²) < 4.78 is 5.25. The Morgan fingerprint density at radius 2 is 2.00 bits per heavy atom. The van der Waals surface area contributed by atoms with E-state index < -0.39 is 6.04 Å². The second-order valence-corrected chi connectivity index (χ2v) is 4.99. The molecule has 2 aromatic carbocycles. The fourth-order valence-electron chi connectivity index (χ4n) is 2.15. The number of amides is 1. The predicted octanol–water partition coefficient (Wildman–Crippen LogP) is 3.58. The summed E-state index contributed by atoms with van der Waals surface area (Å²) in [6.07, 6.45) is 0. The predicted molar refractivity (Wildman–Crippen MR) is 87.9 cm³/mol. The molecule has 1 N–H and O–H groups in total. The molecule has 112 valence electrons. The van der Waals surface area contributed by atoms with Crippen molar-refractivity contribution in [2.75, 3.05) is 7.11 Å². The van der Waals surface area contributed by atoms with Gasteiger partial charge in [0.1, 0.15) is 5.75 Å². The van der Waals surface area contributed by atoms with Gasteiger partial charge in [0, 0.05) is 5.02 Å². The molecule has 0 aliphatic rings. The van der Waals surface area contributed by atoms with Crippen LogP contribution in [0.15, 0.2) is 48.5 Å². The highest BCUT2D eigenvalue weighted by Gasteiger charge is 2.19. The van der Waals surface area contributed by atoms with Crippen molar-refractivity contribution < 1.29 is 9.53 Å². The SMILES string of the molecule is CC#CC(=O)NC(c1cccc(OC)c1)c1ccccc1Cl. The van der Waals surface area contributed by atoms with Crippen LogP contribution in [-0.4, -0.2) is 13.0 Å². The monoisotopic (exact) mass is 313 g/mol. The van der Waals surface area contributed by atoms with Crippen molar-refractivity contribution in [2.24, 2.45) is 0 Å². The minimum Gasteiger partial charge on any atom is -0.497 e. The van der Waals surface area contributed by atoms with E-state index in [0.717, 1.165) is 11.1 Å². The number of halogens is 1. The number of carbonyl (C=O) groups excluding carboxylic acids is 1. The highest BCUT2D eigenvalue weighted by molar-refractivity contribution is 6.31. The summed E-state index contributed by atoms with van der Waals surface area (Å²) in [5, 5.41) is 3.47. The van der Waals surface area contributed by atoms with Gasteiger partial charge in [0.2, 0.25) is 0 Å². The van der Waals surface area contributed by atoms with Crippen LogP contribution in [0, 0.1) is 11.8 Å². The van der Waals surface area contributed by atoms with Crippen molar-refractivity contribution in [3.8, 4) is 17.6 Å². The van der Waals surface area contributed by atoms with Gasteiger partial charge in [0.15, 0.2) is 0 Å². The number of hydrogen-bond acceptors (Lipinski definition) is 2. The first-order valence-corrected chi connectivity index (χ1v) is 7.15. The molecule has 0 aliphatic carbocycles. The van der Waals surface area contributed by atoms with Crippen LogP contribution in [0.4, 0.5) is 0 Å². The van der Waals surface area contributed by atoms with E-state index in [0.29, 0.717) is 10.8 Å². The topological polar surface area (TPSA) is 38.3 Å². The zero-order valence-electron chi connectivity index (χ0n) is 12.4. The standard InChI is InChI=1S/C18H16ClNO2/c1-3-7-17(21)20-18(15-10-4-5-11-16(15)19)13-8-6-9-14(12-13)22-2/h4-6,8-12,18H,1-2H3,(H,20,21). The zero-order chi connectivity index (χ0) is 15.9. The van der Waals surface area contributed by atoms with Crippen LogP contribution < -0.4 is 10.1 Å². The maximum absolute atomic E-state index is 11.9. The van der Waals surface area contributed by atoms with Crippen molar-refractivity contribution >= 4 is 17.5 Å². The summed E-state index contributed by atoms with van der Waals surface area (Å²) in [6, 6.07) is 14.5. The van der Waals surface area contributed by atoms with Crippen molar-refractivity contribution in [1.29, 1.82) is 0 Å². The number of carbonyl (C=O) groups is 1. The number of methoxy groups -OCH3 is 1. The molecule has 0 bridgehead atoms. The van der Waals surface area contributed by atoms with Gasteiger partial charge in [-0.3, -0.25) is 4.79 Å². The third kappa shape index (κ3) is 3.81. The molecule has 0 saturated heterocycles. The van der Waals surface area contributed by atoms with E-state index in [1.54, 1.807) is 20.1 Å². The van der Waals surface area contributed by atoms with E-state index >= 15 is 0 Å². The smallest absolute Gasteiger partial charge is 0.296 e. The average Bonchev–Trinajstić information content (AvgIpc) is 2.54. The molecule has 3 nitrogen and oxygen atoms in total. The molecule has 1 atom stereocenters. The highest BCUT2D eigenvalue weighted by Crippen LogP contribution is 2.29. The molecule has 2 aromatic rings. The Hall–Kier alpha value is -2.44. The second-order valence-electron chi connectivity index (χ2n) is 4.58. The van der Waals surface area contributed by atoms with E-state index in [1.807, 2.05) is 42.5 Å². The summed E-state index contributed by atoms with van der Waals surface area (Å²) >= 11 is 6.28. The summed E-state index contributed by atoms with van der Waals surface area (Å²) in [5.74, 6) is 5.44. The van der Waals surface area contributed by atoms with Gasteiger partial charge in [-0.1, -0.05) is 47.9 Å². The Morgan fingerprint density at radius 1 is 1.23 bits per heavy atom. The van der Waals surface area contributed by atoms with Gasteiger partial charge in [-0.2, -0.15) is 0 Å². The fourth-order valence-corrected chi connectivity index (χ4v) is 2.40. The first-order chi connectivity index (χ1) is 10.7. The lowest BCUT2D eigenvalue weighted by atomic mass is 9.98. The molecule has 0 saturated carbocycles. The largest absolute Gasteiger partial charge is 0.497 e. The van der Waals surface area contributed by atoms with Crippen LogP contribution in [0.3, 0.4) is 0 Å². The third-order valence-electron chi connectivity index (χ3n) is 3.16. The molecule has 2 rings (SSSR count). The second kappa shape index (κ2) is 7.53. The third-order valence-corrected chi connectivity index (χ3v) is 3.50. The van der Waals surface area contributed by atoms with Gasteiger partial charge in [0.25, 0.3) is 5.91 Å². The molecule has 0 heterocycles. The minimum absolute atomic E-state index is 0.352. The molecule has 4 heteroatoms. The molecule has 0 aliphatic heterocycles. The molecule has 0 aromatic heterocycles. The van der Waals surface area contributed by atoms with E-state index in [9.17, 15) is 4.79 Å². The van der Waals surface area contributed by atoms with Gasteiger partial charge in [0.05, 0.1) is 13.2 Å². The molecule has 22 heavy (non-hydrogen) atoms. The first-order valence-electron chi connectivity index (χ1n) is 6.77. The van der Waals surface area contributed by atoms with Crippen LogP contribution >= 0.6 is 11.6 Å². The Kier molecular flexibility index (Phi) is 5.46. The zero-order valence-corrected chi connectivity index (χ0v) is 13.1. The van der Waals surface area contributed by atoms with Gasteiger partial charge < -0.3 is 10.1 Å². The molecule has 1 amide bonds. The molecular formula is C18H16ClNO2. The molecular weight excluding hydrogens is 298 g/mol. The highest BCUT2D eigenvalue weighted by atomic mass is 35.5.